The molecule has 2 aromatic heterocycles. The monoisotopic (exact) mass is 757 g/mol. The van der Waals surface area contributed by atoms with Crippen LogP contribution in [0.5, 0.6) is 0 Å². The third kappa shape index (κ3) is 13.1. The summed E-state index contributed by atoms with van der Waals surface area (Å²) in [6.07, 6.45) is 16.5. The molecule has 0 saturated carbocycles. The van der Waals surface area contributed by atoms with E-state index in [0.717, 1.165) is 24.8 Å². The maximum absolute atomic E-state index is 13.2. The molecule has 1 aliphatic heterocycles. The number of hydrogen-bond acceptors (Lipinski definition) is 11. The summed E-state index contributed by atoms with van der Waals surface area (Å²) in [5, 5.41) is 36.1. The summed E-state index contributed by atoms with van der Waals surface area (Å²) < 4.78 is 37.1. The molecule has 6 atom stereocenters. The van der Waals surface area contributed by atoms with Gasteiger partial charge in [0, 0.05) is 13.0 Å². The van der Waals surface area contributed by atoms with Crippen LogP contribution in [0.1, 0.15) is 121 Å². The van der Waals surface area contributed by atoms with Crippen LogP contribution in [-0.4, -0.2) is 73.9 Å². The average Bonchev–Trinajstić information content (AvgIpc) is 3.70. The van der Waals surface area contributed by atoms with E-state index in [4.69, 9.17) is 24.3 Å². The Morgan fingerprint density at radius 1 is 0.943 bits per heavy atom. The number of nitriles is 1. The number of nitrogen functional groups attached to an aromatic ring is 1. The van der Waals surface area contributed by atoms with Crippen molar-refractivity contribution < 1.29 is 38.2 Å². The smallest absolute Gasteiger partial charge is 0.387 e. The molecule has 1 saturated heterocycles. The minimum atomic E-state index is -4.71. The van der Waals surface area contributed by atoms with Gasteiger partial charge in [-0.25, -0.2) is 14.1 Å². The molecule has 0 radical (unpaired) electrons. The molecule has 0 amide bonds. The van der Waals surface area contributed by atoms with Gasteiger partial charge in [0.15, 0.2) is 5.82 Å². The van der Waals surface area contributed by atoms with Crippen molar-refractivity contribution >= 4 is 19.2 Å². The van der Waals surface area contributed by atoms with Crippen LogP contribution in [0.2, 0.25) is 0 Å². The first kappa shape index (κ1) is 42.8. The Kier molecular flexibility index (Phi) is 18.1. The van der Waals surface area contributed by atoms with Crippen molar-refractivity contribution in [3.05, 3.63) is 60.0 Å². The lowest BCUT2D eigenvalue weighted by Crippen LogP contribution is -2.41. The Labute approximate surface area is 314 Å². The maximum atomic E-state index is 13.2. The number of aromatic nitrogens is 3. The number of aliphatic hydroxyl groups is 2. The largest absolute Gasteiger partial charge is 0.472 e. The summed E-state index contributed by atoms with van der Waals surface area (Å²) in [4.78, 5) is 14.6. The molecule has 13 nitrogen and oxygen atoms in total. The Balaban J connectivity index is 1.17. The first-order valence-corrected chi connectivity index (χ1v) is 21.0. The molecule has 0 aliphatic carbocycles. The van der Waals surface area contributed by atoms with Crippen LogP contribution in [0.25, 0.3) is 5.52 Å². The zero-order valence-electron chi connectivity index (χ0n) is 31.3. The van der Waals surface area contributed by atoms with Crippen LogP contribution >= 0.6 is 7.82 Å². The van der Waals surface area contributed by atoms with Gasteiger partial charge in [-0.15, -0.1) is 0 Å². The van der Waals surface area contributed by atoms with Gasteiger partial charge in [0.25, 0.3) is 0 Å². The van der Waals surface area contributed by atoms with E-state index in [-0.39, 0.29) is 18.1 Å². The number of hydrogen-bond donors (Lipinski definition) is 4. The summed E-state index contributed by atoms with van der Waals surface area (Å²) in [5.41, 5.74) is 5.21. The number of nitrogens with zero attached hydrogens (tertiary/aromatic N) is 4. The van der Waals surface area contributed by atoms with Crippen LogP contribution in [0.3, 0.4) is 0 Å². The zero-order valence-corrected chi connectivity index (χ0v) is 32.2. The number of nitrogens with two attached hydrogens (primary N) is 1. The Bertz CT molecular complexity index is 1570. The highest BCUT2D eigenvalue weighted by Crippen LogP contribution is 2.47. The summed E-state index contributed by atoms with van der Waals surface area (Å²) in [7, 11) is -4.71. The Morgan fingerprint density at radius 3 is 2.15 bits per heavy atom. The van der Waals surface area contributed by atoms with Gasteiger partial charge in [-0.1, -0.05) is 134 Å². The highest BCUT2D eigenvalue weighted by atomic mass is 31.2. The third-order valence-corrected chi connectivity index (χ3v) is 11.0. The third-order valence-electron chi connectivity index (χ3n) is 9.92. The van der Waals surface area contributed by atoms with Crippen molar-refractivity contribution in [2.45, 2.75) is 146 Å². The summed E-state index contributed by atoms with van der Waals surface area (Å²) in [6.45, 7) is 2.20. The summed E-state index contributed by atoms with van der Waals surface area (Å²) in [5.74, 6) is 0.143. The fourth-order valence-corrected chi connectivity index (χ4v) is 7.82. The second-order valence-electron chi connectivity index (χ2n) is 14.2. The van der Waals surface area contributed by atoms with Crippen molar-refractivity contribution in [3.8, 4) is 6.07 Å². The van der Waals surface area contributed by atoms with Gasteiger partial charge in [0.1, 0.15) is 36.2 Å². The van der Waals surface area contributed by atoms with Gasteiger partial charge < -0.3 is 30.3 Å². The molecule has 1 fully saturated rings. The average molecular weight is 758 g/mol. The first-order valence-electron chi connectivity index (χ1n) is 19.5. The van der Waals surface area contributed by atoms with Gasteiger partial charge in [-0.05, 0) is 24.1 Å². The topological polar surface area (TPSA) is 195 Å². The van der Waals surface area contributed by atoms with Crippen molar-refractivity contribution in [1.82, 2.24) is 14.6 Å². The predicted octanol–water partition coefficient (Wildman–Crippen LogP) is 7.17. The van der Waals surface area contributed by atoms with E-state index < -0.39 is 44.4 Å². The van der Waals surface area contributed by atoms with Crippen LogP contribution in [-0.2, 0) is 35.1 Å². The number of benzene rings is 1. The molecular formula is C39H60N5O8P. The van der Waals surface area contributed by atoms with Crippen molar-refractivity contribution in [2.75, 3.05) is 25.6 Å². The number of phosphoric ester groups is 1. The van der Waals surface area contributed by atoms with E-state index in [1.54, 1.807) is 6.07 Å². The summed E-state index contributed by atoms with van der Waals surface area (Å²) >= 11 is 0. The molecule has 3 aromatic rings. The number of unbranched alkanes of at least 4 members (excludes halogenated alkanes) is 15. The quantitative estimate of drug-likeness (QED) is 0.0453. The first-order chi connectivity index (χ1) is 25.7. The molecule has 294 valence electrons. The normalized spacial score (nSPS) is 21.8. The molecule has 0 spiro atoms. The van der Waals surface area contributed by atoms with Crippen molar-refractivity contribution in [1.29, 1.82) is 5.26 Å². The molecule has 14 heteroatoms. The van der Waals surface area contributed by atoms with Crippen LogP contribution in [0.15, 0.2) is 48.8 Å². The SMILES string of the molecule is CCCCCCCCCCCCCCCCCCOC[C@H](Cc1ccccc1)OP(=O)(O)OC[C@H]1O[C@@](C#N)(c2ccc3c(N)ncnn23)[C@H](O)[C@@H]1O. The molecule has 53 heavy (non-hydrogen) atoms. The molecule has 5 N–H and O–H groups in total. The highest BCUT2D eigenvalue weighted by molar-refractivity contribution is 7.47. The van der Waals surface area contributed by atoms with Gasteiger partial charge in [0.05, 0.1) is 25.0 Å². The number of aliphatic hydroxyl groups excluding tert-OH is 2. The van der Waals surface area contributed by atoms with Crippen LogP contribution in [0.4, 0.5) is 5.82 Å². The standard InChI is InChI=1S/C39H60N5O8P/c1-2-3-4-5-6-7-8-9-10-11-12-13-14-15-16-20-25-49-27-32(26-31-21-18-17-19-22-31)52-53(47,48)50-28-34-36(45)37(46)39(29-40,51-34)35-24-23-33-38(41)42-30-43-44(33)35/h17-19,21-24,30,32,34,36-37,45-46H,2-16,20,25-28H2,1H3,(H,47,48)(H2,41,42,43)/t32-,34+,36+,37+,39-/m0/s1. The number of phosphoric acid groups is 1. The molecule has 1 aliphatic rings. The van der Waals surface area contributed by atoms with E-state index in [2.05, 4.69) is 17.0 Å². The lowest BCUT2D eigenvalue weighted by atomic mass is 9.92. The number of ether oxygens (including phenoxy) is 2. The number of anilines is 1. The number of fused-ring (bicyclic) bond motifs is 1. The van der Waals surface area contributed by atoms with E-state index in [1.165, 1.54) is 100 Å². The van der Waals surface area contributed by atoms with E-state index >= 15 is 0 Å². The second-order valence-corrected chi connectivity index (χ2v) is 15.6. The number of rotatable bonds is 27. The Hall–Kier alpha value is -2.92. The minimum Gasteiger partial charge on any atom is -0.387 e. The minimum absolute atomic E-state index is 0.0760. The predicted molar refractivity (Wildman–Crippen MR) is 203 cm³/mol. The van der Waals surface area contributed by atoms with Gasteiger partial charge >= 0.3 is 7.82 Å². The molecule has 0 bridgehead atoms. The van der Waals surface area contributed by atoms with Gasteiger partial charge in [-0.3, -0.25) is 9.05 Å². The van der Waals surface area contributed by atoms with E-state index in [0.29, 0.717) is 18.5 Å². The zero-order chi connectivity index (χ0) is 37.9. The molecular weight excluding hydrogens is 697 g/mol. The fraction of sp³-hybridized carbons (Fsp3) is 0.667. The Morgan fingerprint density at radius 2 is 1.55 bits per heavy atom. The molecule has 1 unspecified atom stereocenters. The fourth-order valence-electron chi connectivity index (χ4n) is 6.91. The molecule has 3 heterocycles. The van der Waals surface area contributed by atoms with E-state index in [1.807, 2.05) is 36.4 Å². The van der Waals surface area contributed by atoms with Crippen molar-refractivity contribution in [3.63, 3.8) is 0 Å². The lowest BCUT2D eigenvalue weighted by Gasteiger charge is -2.24. The lowest BCUT2D eigenvalue weighted by molar-refractivity contribution is -0.0661. The van der Waals surface area contributed by atoms with Gasteiger partial charge in [-0.2, -0.15) is 10.4 Å². The molecule has 4 rings (SSSR count). The van der Waals surface area contributed by atoms with Crippen molar-refractivity contribution in [2.24, 2.45) is 0 Å². The molecule has 1 aromatic carbocycles. The maximum Gasteiger partial charge on any atom is 0.472 e. The van der Waals surface area contributed by atoms with Crippen LogP contribution in [0, 0.1) is 11.3 Å². The summed E-state index contributed by atoms with van der Waals surface area (Å²) in [6, 6.07) is 14.4. The van der Waals surface area contributed by atoms with Crippen LogP contribution < -0.4 is 5.73 Å². The highest BCUT2D eigenvalue weighted by Gasteiger charge is 2.58. The second kappa shape index (κ2) is 22.5. The van der Waals surface area contributed by atoms with Gasteiger partial charge in [0.2, 0.25) is 5.60 Å². The van der Waals surface area contributed by atoms with E-state index in [9.17, 15) is 24.9 Å².